The second kappa shape index (κ2) is 9.41. The number of hydrogen-bond donors (Lipinski definition) is 1. The van der Waals surface area contributed by atoms with Crippen LogP contribution in [0.1, 0.15) is 18.2 Å². The lowest BCUT2D eigenvalue weighted by molar-refractivity contribution is -0.120. The Bertz CT molecular complexity index is 1240. The Kier molecular flexibility index (Phi) is 6.03. The van der Waals surface area contributed by atoms with Gasteiger partial charge in [-0.1, -0.05) is 48.2 Å². The van der Waals surface area contributed by atoms with Crippen LogP contribution in [0.5, 0.6) is 11.5 Å². The molecule has 0 bridgehead atoms. The molecule has 1 N–H and O–H groups in total. The van der Waals surface area contributed by atoms with Crippen LogP contribution in [0.3, 0.4) is 0 Å². The van der Waals surface area contributed by atoms with Gasteiger partial charge in [-0.05, 0) is 36.8 Å². The van der Waals surface area contributed by atoms with Gasteiger partial charge in [-0.3, -0.25) is 9.36 Å². The maximum atomic E-state index is 12.7. The van der Waals surface area contributed by atoms with E-state index in [0.717, 1.165) is 28.5 Å². The number of benzene rings is 2. The van der Waals surface area contributed by atoms with Crippen LogP contribution in [0.25, 0.3) is 11.4 Å². The molecular formula is C24H22N4O4S. The highest BCUT2D eigenvalue weighted by atomic mass is 32.2. The fraction of sp³-hybridized carbons (Fsp3) is 0.208. The first-order chi connectivity index (χ1) is 16.2. The molecule has 33 heavy (non-hydrogen) atoms. The highest BCUT2D eigenvalue weighted by Gasteiger charge is 2.22. The van der Waals surface area contributed by atoms with E-state index in [-0.39, 0.29) is 18.0 Å². The summed E-state index contributed by atoms with van der Waals surface area (Å²) in [4.78, 5) is 12.7. The van der Waals surface area contributed by atoms with Gasteiger partial charge >= 0.3 is 0 Å². The molecule has 4 aromatic rings. The van der Waals surface area contributed by atoms with Crippen LogP contribution in [-0.2, 0) is 17.9 Å². The van der Waals surface area contributed by atoms with Crippen LogP contribution in [0.2, 0.25) is 0 Å². The number of fused-ring (bicyclic) bond motifs is 1. The molecule has 0 radical (unpaired) electrons. The Morgan fingerprint density at radius 1 is 1.09 bits per heavy atom. The molecule has 2 aromatic carbocycles. The van der Waals surface area contributed by atoms with Gasteiger partial charge in [0.05, 0.1) is 24.6 Å². The number of nitrogens with one attached hydrogen (secondary N) is 1. The summed E-state index contributed by atoms with van der Waals surface area (Å²) in [5.74, 6) is 2.80. The quantitative estimate of drug-likeness (QED) is 0.394. The summed E-state index contributed by atoms with van der Waals surface area (Å²) in [6.45, 7) is 2.95. The third-order valence-corrected chi connectivity index (χ3v) is 6.28. The van der Waals surface area contributed by atoms with E-state index in [1.165, 1.54) is 11.8 Å². The zero-order valence-corrected chi connectivity index (χ0v) is 18.7. The minimum atomic E-state index is -0.372. The normalized spacial score (nSPS) is 13.1. The average Bonchev–Trinajstić information content (AvgIpc) is 3.60. The van der Waals surface area contributed by atoms with Crippen molar-refractivity contribution in [1.82, 2.24) is 20.1 Å². The summed E-state index contributed by atoms with van der Waals surface area (Å²) in [5.41, 5.74) is 1.97. The topological polar surface area (TPSA) is 91.4 Å². The molecule has 5 rings (SSSR count). The van der Waals surface area contributed by atoms with Gasteiger partial charge in [0.15, 0.2) is 22.5 Å². The maximum Gasteiger partial charge on any atom is 0.233 e. The molecule has 8 nitrogen and oxygen atoms in total. The second-order valence-electron chi connectivity index (χ2n) is 7.50. The maximum absolute atomic E-state index is 12.7. The lowest BCUT2D eigenvalue weighted by Gasteiger charge is -2.14. The summed E-state index contributed by atoms with van der Waals surface area (Å²) in [6.07, 6.45) is 1.59. The molecule has 1 atom stereocenters. The zero-order chi connectivity index (χ0) is 22.6. The van der Waals surface area contributed by atoms with Crippen molar-refractivity contribution in [1.29, 1.82) is 0 Å². The van der Waals surface area contributed by atoms with Crippen LogP contribution in [0, 0.1) is 0 Å². The smallest absolute Gasteiger partial charge is 0.233 e. The Balaban J connectivity index is 1.38. The standard InChI is InChI=1S/C24H22N4O4S/c1-16(23(29)25-13-19-8-5-11-30-19)33-24-27-26-22(18-6-3-2-4-7-18)28(24)14-17-9-10-20-21(12-17)32-15-31-20/h2-12,16H,13-15H2,1H3,(H,25,29)/t16-/m0/s1. The summed E-state index contributed by atoms with van der Waals surface area (Å²) in [6, 6.07) is 19.4. The van der Waals surface area contributed by atoms with E-state index >= 15 is 0 Å². The predicted molar refractivity (Wildman–Crippen MR) is 123 cm³/mol. The molecule has 0 spiro atoms. The van der Waals surface area contributed by atoms with Crippen LogP contribution >= 0.6 is 11.8 Å². The largest absolute Gasteiger partial charge is 0.467 e. The van der Waals surface area contributed by atoms with E-state index in [1.807, 2.05) is 66.1 Å². The van der Waals surface area contributed by atoms with Crippen molar-refractivity contribution in [2.45, 2.75) is 30.4 Å². The van der Waals surface area contributed by atoms with Crippen molar-refractivity contribution in [3.05, 3.63) is 78.3 Å². The lowest BCUT2D eigenvalue weighted by atomic mass is 10.2. The van der Waals surface area contributed by atoms with Gasteiger partial charge in [0, 0.05) is 5.56 Å². The number of furan rings is 1. The van der Waals surface area contributed by atoms with E-state index in [0.29, 0.717) is 24.0 Å². The van der Waals surface area contributed by atoms with Crippen molar-refractivity contribution < 1.29 is 18.7 Å². The number of carbonyl (C=O) groups excluding carboxylic acids is 1. The van der Waals surface area contributed by atoms with Gasteiger partial charge in [0.1, 0.15) is 5.76 Å². The molecule has 1 amide bonds. The van der Waals surface area contributed by atoms with Crippen molar-refractivity contribution in [2.75, 3.05) is 6.79 Å². The molecule has 0 saturated carbocycles. The SMILES string of the molecule is C[C@H](Sc1nnc(-c2ccccc2)n1Cc1ccc2c(c1)OCO2)C(=O)NCc1ccco1. The molecule has 168 valence electrons. The highest BCUT2D eigenvalue weighted by Crippen LogP contribution is 2.34. The van der Waals surface area contributed by atoms with Gasteiger partial charge in [0.2, 0.25) is 12.7 Å². The molecular weight excluding hydrogens is 440 g/mol. The molecule has 9 heteroatoms. The lowest BCUT2D eigenvalue weighted by Crippen LogP contribution is -2.30. The first-order valence-electron chi connectivity index (χ1n) is 10.5. The minimum absolute atomic E-state index is 0.102. The summed E-state index contributed by atoms with van der Waals surface area (Å²) >= 11 is 1.37. The van der Waals surface area contributed by atoms with Gasteiger partial charge in [0.25, 0.3) is 0 Å². The average molecular weight is 463 g/mol. The molecule has 0 saturated heterocycles. The van der Waals surface area contributed by atoms with Crippen LogP contribution < -0.4 is 14.8 Å². The van der Waals surface area contributed by atoms with Crippen molar-refractivity contribution in [3.63, 3.8) is 0 Å². The molecule has 1 aliphatic rings. The van der Waals surface area contributed by atoms with Crippen molar-refractivity contribution in [3.8, 4) is 22.9 Å². The number of thioether (sulfide) groups is 1. The molecule has 0 unspecified atom stereocenters. The van der Waals surface area contributed by atoms with Gasteiger partial charge in [-0.2, -0.15) is 0 Å². The number of hydrogen-bond acceptors (Lipinski definition) is 7. The third kappa shape index (κ3) is 4.73. The fourth-order valence-electron chi connectivity index (χ4n) is 3.48. The van der Waals surface area contributed by atoms with E-state index in [1.54, 1.807) is 12.3 Å². The Hall–Kier alpha value is -3.72. The first kappa shape index (κ1) is 21.1. The highest BCUT2D eigenvalue weighted by molar-refractivity contribution is 8.00. The Morgan fingerprint density at radius 2 is 1.94 bits per heavy atom. The van der Waals surface area contributed by atoms with E-state index < -0.39 is 0 Å². The summed E-state index contributed by atoms with van der Waals surface area (Å²) < 4.78 is 18.3. The third-order valence-electron chi connectivity index (χ3n) is 5.19. The van der Waals surface area contributed by atoms with Gasteiger partial charge < -0.3 is 19.2 Å². The monoisotopic (exact) mass is 462 g/mol. The van der Waals surface area contributed by atoms with Gasteiger partial charge in [-0.25, -0.2) is 0 Å². The van der Waals surface area contributed by atoms with Gasteiger partial charge in [-0.15, -0.1) is 10.2 Å². The number of amides is 1. The number of rotatable bonds is 8. The van der Waals surface area contributed by atoms with Crippen LogP contribution in [0.4, 0.5) is 0 Å². The summed E-state index contributed by atoms with van der Waals surface area (Å²) in [7, 11) is 0. The number of aromatic nitrogens is 3. The second-order valence-corrected chi connectivity index (χ2v) is 8.81. The predicted octanol–water partition coefficient (Wildman–Crippen LogP) is 4.11. The molecule has 0 aliphatic carbocycles. The van der Waals surface area contributed by atoms with Crippen molar-refractivity contribution in [2.24, 2.45) is 0 Å². The Labute approximate surface area is 194 Å². The molecule has 1 aliphatic heterocycles. The van der Waals surface area contributed by atoms with Crippen molar-refractivity contribution >= 4 is 17.7 Å². The number of ether oxygens (including phenoxy) is 2. The number of nitrogens with zero attached hydrogens (tertiary/aromatic N) is 3. The first-order valence-corrected chi connectivity index (χ1v) is 11.4. The fourth-order valence-corrected chi connectivity index (χ4v) is 4.36. The Morgan fingerprint density at radius 3 is 2.76 bits per heavy atom. The van der Waals surface area contributed by atoms with E-state index in [2.05, 4.69) is 15.5 Å². The molecule has 0 fully saturated rings. The van der Waals surface area contributed by atoms with E-state index in [4.69, 9.17) is 13.9 Å². The molecule has 3 heterocycles. The van der Waals surface area contributed by atoms with E-state index in [9.17, 15) is 4.79 Å². The van der Waals surface area contributed by atoms with Crippen LogP contribution in [0.15, 0.2) is 76.5 Å². The van der Waals surface area contributed by atoms with Crippen LogP contribution in [-0.4, -0.2) is 32.7 Å². The zero-order valence-electron chi connectivity index (χ0n) is 17.9. The minimum Gasteiger partial charge on any atom is -0.467 e. The summed E-state index contributed by atoms with van der Waals surface area (Å²) in [5, 5.41) is 12.0. The number of carbonyl (C=O) groups is 1. The molecule has 2 aromatic heterocycles.